The first kappa shape index (κ1) is 8.96. The molecule has 0 aliphatic heterocycles. The van der Waals surface area contributed by atoms with Gasteiger partial charge in [-0.2, -0.15) is 0 Å². The van der Waals surface area contributed by atoms with Gasteiger partial charge in [0, 0.05) is 28.5 Å². The molecule has 0 N–H and O–H groups in total. The lowest BCUT2D eigenvalue weighted by molar-refractivity contribution is 0.415. The zero-order valence-electron chi connectivity index (χ0n) is 6.67. The summed E-state index contributed by atoms with van der Waals surface area (Å²) in [5.74, 6) is 1.21. The second kappa shape index (κ2) is 4.04. The number of aromatic nitrogens is 2. The van der Waals surface area contributed by atoms with Crippen molar-refractivity contribution in [2.75, 3.05) is 0 Å². The van der Waals surface area contributed by atoms with Crippen LogP contribution in [-0.2, 0) is 0 Å². The molecule has 0 aliphatic rings. The second-order valence-electron chi connectivity index (χ2n) is 2.41. The van der Waals surface area contributed by atoms with Gasteiger partial charge < -0.3 is 4.42 Å². The molecule has 0 spiro atoms. The van der Waals surface area contributed by atoms with Crippen molar-refractivity contribution in [3.8, 4) is 0 Å². The van der Waals surface area contributed by atoms with E-state index in [9.17, 15) is 0 Å². The molecule has 11 heavy (non-hydrogen) atoms. The zero-order chi connectivity index (χ0) is 8.27. The van der Waals surface area contributed by atoms with Crippen molar-refractivity contribution in [3.05, 3.63) is 9.79 Å². The Morgan fingerprint density at radius 2 is 2.00 bits per heavy atom. The minimum absolute atomic E-state index is 0.436. The smallest absolute Gasteiger partial charge is 0.278 e. The van der Waals surface area contributed by atoms with E-state index in [4.69, 9.17) is 4.42 Å². The number of rotatable bonds is 3. The average molecular weight is 266 g/mol. The maximum atomic E-state index is 5.29. The Kier molecular flexibility index (Phi) is 3.29. The Morgan fingerprint density at radius 3 is 2.36 bits per heavy atom. The third-order valence-corrected chi connectivity index (χ3v) is 2.19. The van der Waals surface area contributed by atoms with Gasteiger partial charge in [0.15, 0.2) is 0 Å². The van der Waals surface area contributed by atoms with E-state index >= 15 is 0 Å². The van der Waals surface area contributed by atoms with Crippen molar-refractivity contribution in [1.82, 2.24) is 10.2 Å². The maximum Gasteiger partial charge on any atom is 0.278 e. The SMILES string of the molecule is CCC(CC)c1nnc(I)o1. The van der Waals surface area contributed by atoms with Crippen molar-refractivity contribution in [1.29, 1.82) is 0 Å². The minimum Gasteiger partial charge on any atom is -0.416 e. The molecule has 0 aromatic carbocycles. The second-order valence-corrected chi connectivity index (χ2v) is 3.33. The van der Waals surface area contributed by atoms with Crippen LogP contribution in [0.5, 0.6) is 0 Å². The molecule has 1 aromatic rings. The molecule has 0 bridgehead atoms. The lowest BCUT2D eigenvalue weighted by Crippen LogP contribution is -1.95. The van der Waals surface area contributed by atoms with Gasteiger partial charge in [0.1, 0.15) is 0 Å². The van der Waals surface area contributed by atoms with Crippen molar-refractivity contribution in [3.63, 3.8) is 0 Å². The van der Waals surface area contributed by atoms with Crippen LogP contribution in [0.15, 0.2) is 4.42 Å². The summed E-state index contributed by atoms with van der Waals surface area (Å²) < 4.78 is 5.92. The van der Waals surface area contributed by atoms with Gasteiger partial charge in [0.25, 0.3) is 3.90 Å². The third-order valence-electron chi connectivity index (χ3n) is 1.75. The Morgan fingerprint density at radius 1 is 1.36 bits per heavy atom. The molecule has 1 aromatic heterocycles. The predicted molar refractivity (Wildman–Crippen MR) is 50.3 cm³/mol. The number of hydrogen-bond donors (Lipinski definition) is 0. The van der Waals surface area contributed by atoms with Crippen molar-refractivity contribution in [2.24, 2.45) is 0 Å². The summed E-state index contributed by atoms with van der Waals surface area (Å²) >= 11 is 2.03. The first-order valence-electron chi connectivity index (χ1n) is 3.76. The van der Waals surface area contributed by atoms with Gasteiger partial charge in [-0.3, -0.25) is 0 Å². The fraction of sp³-hybridized carbons (Fsp3) is 0.714. The van der Waals surface area contributed by atoms with Crippen LogP contribution in [0.25, 0.3) is 0 Å². The molecule has 0 unspecified atom stereocenters. The Labute approximate surface area is 79.7 Å². The van der Waals surface area contributed by atoms with Gasteiger partial charge in [0.2, 0.25) is 5.89 Å². The first-order valence-corrected chi connectivity index (χ1v) is 4.84. The molecule has 0 fully saturated rings. The van der Waals surface area contributed by atoms with Gasteiger partial charge in [0.05, 0.1) is 0 Å². The topological polar surface area (TPSA) is 38.9 Å². The summed E-state index contributed by atoms with van der Waals surface area (Å²) in [4.78, 5) is 0. The lowest BCUT2D eigenvalue weighted by Gasteiger charge is -2.04. The van der Waals surface area contributed by atoms with Crippen LogP contribution >= 0.6 is 22.6 Å². The van der Waals surface area contributed by atoms with Gasteiger partial charge in [-0.1, -0.05) is 13.8 Å². The molecule has 0 aliphatic carbocycles. The Bertz CT molecular complexity index is 220. The maximum absolute atomic E-state index is 5.29. The standard InChI is InChI=1S/C7H11IN2O/c1-3-5(4-2)6-9-10-7(8)11-6/h5H,3-4H2,1-2H3. The van der Waals surface area contributed by atoms with Crippen LogP contribution in [0.1, 0.15) is 38.5 Å². The molecule has 62 valence electrons. The monoisotopic (exact) mass is 266 g/mol. The molecule has 0 saturated heterocycles. The largest absolute Gasteiger partial charge is 0.416 e. The van der Waals surface area contributed by atoms with Gasteiger partial charge >= 0.3 is 0 Å². The summed E-state index contributed by atoms with van der Waals surface area (Å²) in [6, 6.07) is 0. The fourth-order valence-corrected chi connectivity index (χ4v) is 1.35. The van der Waals surface area contributed by atoms with Crippen LogP contribution in [-0.4, -0.2) is 10.2 Å². The number of nitrogens with zero attached hydrogens (tertiary/aromatic N) is 2. The highest BCUT2D eigenvalue weighted by molar-refractivity contribution is 14.1. The molecular weight excluding hydrogens is 255 g/mol. The summed E-state index contributed by atoms with van der Waals surface area (Å²) in [7, 11) is 0. The van der Waals surface area contributed by atoms with E-state index in [1.807, 2.05) is 22.6 Å². The molecule has 1 rings (SSSR count). The normalized spacial score (nSPS) is 10.9. The molecule has 3 nitrogen and oxygen atoms in total. The van der Waals surface area contributed by atoms with Gasteiger partial charge in [-0.25, -0.2) is 0 Å². The van der Waals surface area contributed by atoms with E-state index in [0.717, 1.165) is 18.7 Å². The molecule has 4 heteroatoms. The van der Waals surface area contributed by atoms with Crippen LogP contribution < -0.4 is 0 Å². The average Bonchev–Trinajstić information content (AvgIpc) is 2.39. The van der Waals surface area contributed by atoms with E-state index in [1.54, 1.807) is 0 Å². The highest BCUT2D eigenvalue weighted by atomic mass is 127. The quantitative estimate of drug-likeness (QED) is 0.789. The summed E-state index contributed by atoms with van der Waals surface area (Å²) in [6.07, 6.45) is 2.13. The van der Waals surface area contributed by atoms with Gasteiger partial charge in [-0.15, -0.1) is 10.2 Å². The van der Waals surface area contributed by atoms with Crippen molar-refractivity contribution in [2.45, 2.75) is 32.6 Å². The van der Waals surface area contributed by atoms with E-state index in [-0.39, 0.29) is 0 Å². The molecule has 0 saturated carbocycles. The highest BCUT2D eigenvalue weighted by Gasteiger charge is 2.13. The zero-order valence-corrected chi connectivity index (χ0v) is 8.83. The fourth-order valence-electron chi connectivity index (χ4n) is 1.02. The van der Waals surface area contributed by atoms with E-state index in [0.29, 0.717) is 9.82 Å². The highest BCUT2D eigenvalue weighted by Crippen LogP contribution is 2.21. The molecule has 0 atom stereocenters. The van der Waals surface area contributed by atoms with E-state index in [2.05, 4.69) is 24.0 Å². The summed E-state index contributed by atoms with van der Waals surface area (Å²) in [5.41, 5.74) is 0. The molecule has 0 amide bonds. The van der Waals surface area contributed by atoms with Gasteiger partial charge in [-0.05, 0) is 12.8 Å². The van der Waals surface area contributed by atoms with Crippen LogP contribution in [0, 0.1) is 3.90 Å². The van der Waals surface area contributed by atoms with Crippen LogP contribution in [0.2, 0.25) is 0 Å². The number of halogens is 1. The van der Waals surface area contributed by atoms with Crippen LogP contribution in [0.4, 0.5) is 0 Å². The Hall–Kier alpha value is -0.130. The molecule has 0 radical (unpaired) electrons. The Balaban J connectivity index is 2.73. The lowest BCUT2D eigenvalue weighted by atomic mass is 10.0. The summed E-state index contributed by atoms with van der Waals surface area (Å²) in [6.45, 7) is 4.26. The number of hydrogen-bond acceptors (Lipinski definition) is 3. The van der Waals surface area contributed by atoms with Crippen molar-refractivity contribution < 1.29 is 4.42 Å². The minimum atomic E-state index is 0.436. The van der Waals surface area contributed by atoms with Crippen LogP contribution in [0.3, 0.4) is 0 Å². The molecular formula is C7H11IN2O. The van der Waals surface area contributed by atoms with E-state index < -0.39 is 0 Å². The third kappa shape index (κ3) is 2.15. The molecule has 1 heterocycles. The van der Waals surface area contributed by atoms with Crippen molar-refractivity contribution >= 4 is 22.6 Å². The first-order chi connectivity index (χ1) is 5.27. The summed E-state index contributed by atoms with van der Waals surface area (Å²) in [5, 5.41) is 7.74. The van der Waals surface area contributed by atoms with E-state index in [1.165, 1.54) is 0 Å². The predicted octanol–water partition coefficient (Wildman–Crippen LogP) is 2.58.